The Morgan fingerprint density at radius 1 is 1.43 bits per heavy atom. The van der Waals surface area contributed by atoms with E-state index < -0.39 is 11.0 Å². The Bertz CT molecular complexity index is 973. The first-order valence-corrected chi connectivity index (χ1v) is 10.0. The lowest BCUT2D eigenvalue weighted by atomic mass is 10.1. The van der Waals surface area contributed by atoms with Crippen LogP contribution in [0.5, 0.6) is 5.75 Å². The molecule has 2 rings (SSSR count). The molecule has 1 aromatic heterocycles. The van der Waals surface area contributed by atoms with Gasteiger partial charge >= 0.3 is 0 Å². The number of ether oxygens (including phenoxy) is 2. The minimum absolute atomic E-state index is 0.295. The first-order valence-electron chi connectivity index (χ1n) is 8.36. The average molecular weight is 417 g/mol. The predicted molar refractivity (Wildman–Crippen MR) is 114 cm³/mol. The van der Waals surface area contributed by atoms with Crippen LogP contribution in [0, 0.1) is 24.2 Å². The van der Waals surface area contributed by atoms with Crippen LogP contribution in [0.25, 0.3) is 10.9 Å². The number of fused-ring (bicyclic) bond motifs is 1. The lowest BCUT2D eigenvalue weighted by Crippen LogP contribution is -2.47. The maximum absolute atomic E-state index is 12.6. The van der Waals surface area contributed by atoms with E-state index in [2.05, 4.69) is 28.1 Å². The second kappa shape index (κ2) is 9.71. The summed E-state index contributed by atoms with van der Waals surface area (Å²) in [7, 11) is 1.56. The van der Waals surface area contributed by atoms with Crippen LogP contribution in [0.2, 0.25) is 5.02 Å². The number of pyridine rings is 1. The van der Waals surface area contributed by atoms with Gasteiger partial charge in [-0.1, -0.05) is 29.4 Å². The molecule has 0 radical (unpaired) electrons. The van der Waals surface area contributed by atoms with Gasteiger partial charge in [-0.15, -0.1) is 18.2 Å². The molecule has 0 aliphatic rings. The third-order valence-electron chi connectivity index (χ3n) is 3.60. The van der Waals surface area contributed by atoms with Crippen molar-refractivity contribution in [2.75, 3.05) is 20.0 Å². The maximum atomic E-state index is 12.6. The van der Waals surface area contributed by atoms with E-state index in [0.717, 1.165) is 5.39 Å². The molecule has 0 spiro atoms. The Hall–Kier alpha value is -2.38. The number of terminal acetylenes is 1. The van der Waals surface area contributed by atoms with Crippen molar-refractivity contribution in [3.63, 3.8) is 0 Å². The normalized spacial score (nSPS) is 11.9. The molecule has 1 amide bonds. The van der Waals surface area contributed by atoms with Gasteiger partial charge in [0, 0.05) is 30.3 Å². The van der Waals surface area contributed by atoms with Gasteiger partial charge in [0.1, 0.15) is 12.4 Å². The molecule has 5 nitrogen and oxygen atoms in total. The zero-order valence-corrected chi connectivity index (χ0v) is 17.7. The Labute approximate surface area is 174 Å². The Kier molecular flexibility index (Phi) is 7.60. The molecule has 0 bridgehead atoms. The predicted octanol–water partition coefficient (Wildman–Crippen LogP) is 3.48. The zero-order valence-electron chi connectivity index (χ0n) is 16.1. The first-order chi connectivity index (χ1) is 13.3. The molecule has 0 fully saturated rings. The Morgan fingerprint density at radius 3 is 2.82 bits per heavy atom. The largest absolute Gasteiger partial charge is 0.470 e. The van der Waals surface area contributed by atoms with Crippen molar-refractivity contribution in [1.29, 1.82) is 0 Å². The first kappa shape index (κ1) is 21.9. The van der Waals surface area contributed by atoms with E-state index in [1.54, 1.807) is 37.8 Å². The summed E-state index contributed by atoms with van der Waals surface area (Å²) < 4.78 is 10.8. The van der Waals surface area contributed by atoms with Crippen molar-refractivity contribution in [3.8, 4) is 29.9 Å². The summed E-state index contributed by atoms with van der Waals surface area (Å²) in [5.41, 5.74) is -0.246. The highest BCUT2D eigenvalue weighted by Crippen LogP contribution is 2.29. The number of nitrogens with one attached hydrogen (secondary N) is 1. The molecule has 0 saturated heterocycles. The Balaban J connectivity index is 2.21. The van der Waals surface area contributed by atoms with E-state index in [1.807, 2.05) is 13.8 Å². The van der Waals surface area contributed by atoms with Crippen molar-refractivity contribution in [2.45, 2.75) is 24.8 Å². The van der Waals surface area contributed by atoms with Gasteiger partial charge in [0.05, 0.1) is 16.1 Å². The van der Waals surface area contributed by atoms with E-state index in [0.29, 0.717) is 28.5 Å². The number of hydrogen-bond donors (Lipinski definition) is 1. The van der Waals surface area contributed by atoms with Crippen molar-refractivity contribution in [2.24, 2.45) is 0 Å². The highest BCUT2D eigenvalue weighted by Gasteiger charge is 2.25. The van der Waals surface area contributed by atoms with E-state index in [9.17, 15) is 4.79 Å². The van der Waals surface area contributed by atoms with Crippen LogP contribution in [-0.2, 0) is 9.53 Å². The second-order valence-electron chi connectivity index (χ2n) is 6.38. The lowest BCUT2D eigenvalue weighted by molar-refractivity contribution is -0.125. The second-order valence-corrected chi connectivity index (χ2v) is 7.69. The molecule has 0 aliphatic carbocycles. The number of halogens is 1. The third-order valence-corrected chi connectivity index (χ3v) is 4.63. The number of carbonyl (C=O) groups is 1. The summed E-state index contributed by atoms with van der Waals surface area (Å²) in [5.74, 6) is 8.50. The molecular weight excluding hydrogens is 396 g/mol. The number of aromatic nitrogens is 1. The molecule has 1 N–H and O–H groups in total. The molecule has 1 aromatic carbocycles. The number of nitrogens with zero attached hydrogens (tertiary/aromatic N) is 1. The third kappa shape index (κ3) is 5.81. The van der Waals surface area contributed by atoms with Gasteiger partial charge in [-0.2, -0.15) is 0 Å². The van der Waals surface area contributed by atoms with Gasteiger partial charge in [-0.05, 0) is 32.2 Å². The van der Waals surface area contributed by atoms with Gasteiger partial charge in [-0.3, -0.25) is 9.78 Å². The number of benzene rings is 1. The molecule has 1 unspecified atom stereocenters. The molecular formula is C21H21ClN2O3S. The monoisotopic (exact) mass is 416 g/mol. The summed E-state index contributed by atoms with van der Waals surface area (Å²) in [4.78, 5) is 16.9. The van der Waals surface area contributed by atoms with E-state index in [1.165, 1.54) is 11.8 Å². The number of methoxy groups -OCH3 is 1. The fourth-order valence-electron chi connectivity index (χ4n) is 2.39. The molecule has 1 atom stereocenters. The quantitative estimate of drug-likeness (QED) is 0.577. The molecule has 0 aliphatic heterocycles. The molecule has 28 heavy (non-hydrogen) atoms. The molecule has 7 heteroatoms. The fourth-order valence-corrected chi connectivity index (χ4v) is 3.13. The van der Waals surface area contributed by atoms with Gasteiger partial charge in [0.25, 0.3) is 5.91 Å². The molecule has 146 valence electrons. The van der Waals surface area contributed by atoms with Crippen LogP contribution in [0.4, 0.5) is 0 Å². The summed E-state index contributed by atoms with van der Waals surface area (Å²) in [6.07, 6.45) is 8.80. The zero-order chi connectivity index (χ0) is 20.7. The number of carbonyl (C=O) groups excluding carboxylic acids is 1. The SMILES string of the molecule is C#Cc1cnc2c(Cl)cc(OC(SC)C(=O)NC(C)(C)C#CCOC)cc2c1. The van der Waals surface area contributed by atoms with Gasteiger partial charge in [-0.25, -0.2) is 0 Å². The number of rotatable bonds is 6. The maximum Gasteiger partial charge on any atom is 0.272 e. The van der Waals surface area contributed by atoms with Gasteiger partial charge in [0.2, 0.25) is 5.44 Å². The van der Waals surface area contributed by atoms with Crippen molar-refractivity contribution >= 4 is 40.2 Å². The molecule has 2 aromatic rings. The van der Waals surface area contributed by atoms with Gasteiger partial charge < -0.3 is 14.8 Å². The molecule has 0 saturated carbocycles. The standard InChI is InChI=1S/C21H21ClN2O3S/c1-6-14-10-15-11-16(12-17(22)18(15)23-13-14)27-20(28-5)19(25)24-21(2,3)8-7-9-26-4/h1,10-13,20H,9H2,2-5H3,(H,24,25). The van der Waals surface area contributed by atoms with Crippen LogP contribution < -0.4 is 10.1 Å². The highest BCUT2D eigenvalue weighted by molar-refractivity contribution is 7.99. The summed E-state index contributed by atoms with van der Waals surface area (Å²) in [5, 5.41) is 4.03. The van der Waals surface area contributed by atoms with E-state index in [-0.39, 0.29) is 5.91 Å². The lowest BCUT2D eigenvalue weighted by Gasteiger charge is -2.24. The minimum Gasteiger partial charge on any atom is -0.470 e. The van der Waals surface area contributed by atoms with Crippen LogP contribution in [0.1, 0.15) is 19.4 Å². The van der Waals surface area contributed by atoms with Crippen LogP contribution >= 0.6 is 23.4 Å². The van der Waals surface area contributed by atoms with Crippen molar-refractivity contribution in [1.82, 2.24) is 10.3 Å². The number of hydrogen-bond acceptors (Lipinski definition) is 5. The highest BCUT2D eigenvalue weighted by atomic mass is 35.5. The van der Waals surface area contributed by atoms with Crippen LogP contribution in [-0.4, -0.2) is 41.8 Å². The number of thioether (sulfide) groups is 1. The summed E-state index contributed by atoms with van der Waals surface area (Å²) in [6, 6.07) is 5.19. The minimum atomic E-state index is -0.777. The van der Waals surface area contributed by atoms with Crippen molar-refractivity contribution < 1.29 is 14.3 Å². The van der Waals surface area contributed by atoms with Gasteiger partial charge in [0.15, 0.2) is 0 Å². The van der Waals surface area contributed by atoms with Crippen LogP contribution in [0.3, 0.4) is 0 Å². The summed E-state index contributed by atoms with van der Waals surface area (Å²) >= 11 is 7.57. The summed E-state index contributed by atoms with van der Waals surface area (Å²) in [6.45, 7) is 3.92. The molecule has 1 heterocycles. The van der Waals surface area contributed by atoms with Crippen LogP contribution in [0.15, 0.2) is 24.4 Å². The topological polar surface area (TPSA) is 60.5 Å². The van der Waals surface area contributed by atoms with E-state index in [4.69, 9.17) is 27.5 Å². The smallest absolute Gasteiger partial charge is 0.272 e. The Morgan fingerprint density at radius 2 is 2.18 bits per heavy atom. The number of amides is 1. The van der Waals surface area contributed by atoms with Crippen molar-refractivity contribution in [3.05, 3.63) is 35.0 Å². The average Bonchev–Trinajstić information content (AvgIpc) is 2.65. The fraction of sp³-hybridized carbons (Fsp3) is 0.333. The van der Waals surface area contributed by atoms with E-state index >= 15 is 0 Å².